The Bertz CT molecular complexity index is 419. The van der Waals surface area contributed by atoms with Crippen molar-refractivity contribution in [3.8, 4) is 6.01 Å². The molecule has 0 fully saturated rings. The van der Waals surface area contributed by atoms with Crippen LogP contribution in [0.5, 0.6) is 6.01 Å². The smallest absolute Gasteiger partial charge is 0.322 e. The molecule has 0 saturated heterocycles. The quantitative estimate of drug-likeness (QED) is 0.820. The lowest BCUT2D eigenvalue weighted by Crippen LogP contribution is -2.22. The normalized spacial score (nSPS) is 14.0. The Kier molecular flexibility index (Phi) is 6.28. The Morgan fingerprint density at radius 1 is 1.44 bits per heavy atom. The fourth-order valence-electron chi connectivity index (χ4n) is 1.02. The average molecular weight is 293 g/mol. The van der Waals surface area contributed by atoms with Gasteiger partial charge in [-0.3, -0.25) is 4.21 Å². The molecule has 0 aliphatic heterocycles. The molecule has 1 heterocycles. The molecule has 2 atom stereocenters. The van der Waals surface area contributed by atoms with E-state index in [0.717, 1.165) is 6.42 Å². The zero-order valence-corrected chi connectivity index (χ0v) is 12.2. The van der Waals surface area contributed by atoms with E-state index in [0.29, 0.717) is 19.1 Å². The standard InChI is InChI=1S/C10H17ClN4O2S/c1-4-5-17-10-14-8(11)13-9(15-10)12-6-7(2)18(3)16/h7H,4-6H2,1-3H3,(H,12,13,14,15). The van der Waals surface area contributed by atoms with Crippen LogP contribution in [-0.4, -0.2) is 43.8 Å². The van der Waals surface area contributed by atoms with Crippen LogP contribution in [0.2, 0.25) is 5.28 Å². The first-order chi connectivity index (χ1) is 8.52. The van der Waals surface area contributed by atoms with Crippen LogP contribution in [0.15, 0.2) is 0 Å². The highest BCUT2D eigenvalue weighted by Gasteiger charge is 2.09. The van der Waals surface area contributed by atoms with Gasteiger partial charge in [0.1, 0.15) is 0 Å². The molecule has 0 spiro atoms. The van der Waals surface area contributed by atoms with Crippen LogP contribution in [0.3, 0.4) is 0 Å². The largest absolute Gasteiger partial charge is 0.463 e. The summed E-state index contributed by atoms with van der Waals surface area (Å²) >= 11 is 5.76. The molecule has 0 saturated carbocycles. The van der Waals surface area contributed by atoms with Crippen LogP contribution in [-0.2, 0) is 10.8 Å². The van der Waals surface area contributed by atoms with Gasteiger partial charge in [-0.25, -0.2) is 0 Å². The summed E-state index contributed by atoms with van der Waals surface area (Å²) < 4.78 is 16.5. The Morgan fingerprint density at radius 3 is 2.78 bits per heavy atom. The van der Waals surface area contributed by atoms with Crippen LogP contribution in [0.4, 0.5) is 5.95 Å². The van der Waals surface area contributed by atoms with Gasteiger partial charge < -0.3 is 10.1 Å². The van der Waals surface area contributed by atoms with Gasteiger partial charge in [0.15, 0.2) is 0 Å². The molecule has 1 N–H and O–H groups in total. The number of rotatable bonds is 7. The second-order valence-electron chi connectivity index (χ2n) is 3.75. The Morgan fingerprint density at radius 2 is 2.17 bits per heavy atom. The highest BCUT2D eigenvalue weighted by atomic mass is 35.5. The van der Waals surface area contributed by atoms with E-state index in [2.05, 4.69) is 20.3 Å². The first-order valence-corrected chi connectivity index (χ1v) is 7.63. The van der Waals surface area contributed by atoms with Crippen molar-refractivity contribution in [3.63, 3.8) is 0 Å². The fourth-order valence-corrected chi connectivity index (χ4v) is 1.49. The molecule has 2 unspecified atom stereocenters. The van der Waals surface area contributed by atoms with Crippen molar-refractivity contribution in [2.45, 2.75) is 25.5 Å². The van der Waals surface area contributed by atoms with Gasteiger partial charge >= 0.3 is 6.01 Å². The Hall–Kier alpha value is -0.950. The maximum absolute atomic E-state index is 11.2. The summed E-state index contributed by atoms with van der Waals surface area (Å²) in [6.45, 7) is 4.88. The highest BCUT2D eigenvalue weighted by molar-refractivity contribution is 7.84. The third-order valence-electron chi connectivity index (χ3n) is 2.14. The minimum atomic E-state index is -0.897. The number of anilines is 1. The summed E-state index contributed by atoms with van der Waals surface area (Å²) in [7, 11) is -0.897. The first kappa shape index (κ1) is 15.1. The summed E-state index contributed by atoms with van der Waals surface area (Å²) in [6.07, 6.45) is 2.51. The molecule has 0 aliphatic rings. The number of halogens is 1. The number of hydrogen-bond acceptors (Lipinski definition) is 6. The van der Waals surface area contributed by atoms with Gasteiger partial charge in [-0.15, -0.1) is 0 Å². The molecular weight excluding hydrogens is 276 g/mol. The Labute approximate surface area is 114 Å². The fraction of sp³-hybridized carbons (Fsp3) is 0.700. The average Bonchev–Trinajstić information content (AvgIpc) is 2.32. The second kappa shape index (κ2) is 7.48. The van der Waals surface area contributed by atoms with Crippen LogP contribution in [0.1, 0.15) is 20.3 Å². The molecule has 0 radical (unpaired) electrons. The maximum atomic E-state index is 11.2. The van der Waals surface area contributed by atoms with Crippen LogP contribution in [0.25, 0.3) is 0 Å². The molecule has 6 nitrogen and oxygen atoms in total. The van der Waals surface area contributed by atoms with E-state index in [9.17, 15) is 4.21 Å². The van der Waals surface area contributed by atoms with Gasteiger partial charge in [0, 0.05) is 28.9 Å². The SMILES string of the molecule is CCCOc1nc(Cl)nc(NCC(C)S(C)=O)n1. The van der Waals surface area contributed by atoms with E-state index in [1.165, 1.54) is 0 Å². The number of hydrogen-bond donors (Lipinski definition) is 1. The predicted octanol–water partition coefficient (Wildman–Crippen LogP) is 1.49. The third kappa shape index (κ3) is 5.14. The first-order valence-electron chi connectivity index (χ1n) is 5.63. The van der Waals surface area contributed by atoms with Crippen LogP contribution >= 0.6 is 11.6 Å². The molecule has 1 aromatic rings. The number of nitrogens with zero attached hydrogens (tertiary/aromatic N) is 3. The Balaban J connectivity index is 2.64. The zero-order valence-electron chi connectivity index (χ0n) is 10.6. The molecular formula is C10H17ClN4O2S. The van der Waals surface area contributed by atoms with Gasteiger partial charge in [0.25, 0.3) is 0 Å². The molecule has 0 aliphatic carbocycles. The van der Waals surface area contributed by atoms with E-state index < -0.39 is 10.8 Å². The van der Waals surface area contributed by atoms with Crippen molar-refractivity contribution < 1.29 is 8.95 Å². The predicted molar refractivity (Wildman–Crippen MR) is 72.6 cm³/mol. The van der Waals surface area contributed by atoms with Crippen LogP contribution < -0.4 is 10.1 Å². The van der Waals surface area contributed by atoms with E-state index in [4.69, 9.17) is 16.3 Å². The van der Waals surface area contributed by atoms with Gasteiger partial charge in [-0.2, -0.15) is 15.0 Å². The minimum absolute atomic E-state index is 0.000510. The van der Waals surface area contributed by atoms with Crippen molar-refractivity contribution in [1.82, 2.24) is 15.0 Å². The lowest BCUT2D eigenvalue weighted by atomic mass is 10.5. The molecule has 0 amide bonds. The molecule has 0 aromatic carbocycles. The highest BCUT2D eigenvalue weighted by Crippen LogP contribution is 2.11. The second-order valence-corrected chi connectivity index (χ2v) is 5.89. The number of aromatic nitrogens is 3. The summed E-state index contributed by atoms with van der Waals surface area (Å²) in [5.74, 6) is 0.332. The van der Waals surface area contributed by atoms with Gasteiger partial charge in [0.05, 0.1) is 6.61 Å². The monoisotopic (exact) mass is 292 g/mol. The van der Waals surface area contributed by atoms with Crippen molar-refractivity contribution in [3.05, 3.63) is 5.28 Å². The van der Waals surface area contributed by atoms with Crippen LogP contribution in [0, 0.1) is 0 Å². The van der Waals surface area contributed by atoms with E-state index in [1.54, 1.807) is 6.26 Å². The lowest BCUT2D eigenvalue weighted by Gasteiger charge is -2.10. The van der Waals surface area contributed by atoms with Gasteiger partial charge in [-0.1, -0.05) is 6.92 Å². The molecule has 8 heteroatoms. The summed E-state index contributed by atoms with van der Waals surface area (Å²) in [6, 6.07) is 0.199. The van der Waals surface area contributed by atoms with E-state index in [-0.39, 0.29) is 16.5 Å². The summed E-state index contributed by atoms with van der Waals surface area (Å²) in [5.41, 5.74) is 0. The third-order valence-corrected chi connectivity index (χ3v) is 3.61. The summed E-state index contributed by atoms with van der Waals surface area (Å²) in [4.78, 5) is 11.8. The van der Waals surface area contributed by atoms with Crippen molar-refractivity contribution >= 4 is 28.3 Å². The molecule has 102 valence electrons. The summed E-state index contributed by atoms with van der Waals surface area (Å²) in [5, 5.41) is 3.04. The van der Waals surface area contributed by atoms with Crippen molar-refractivity contribution in [2.75, 3.05) is 24.7 Å². The molecule has 0 bridgehead atoms. The zero-order chi connectivity index (χ0) is 13.5. The van der Waals surface area contributed by atoms with E-state index >= 15 is 0 Å². The van der Waals surface area contributed by atoms with Crippen molar-refractivity contribution in [2.24, 2.45) is 0 Å². The topological polar surface area (TPSA) is 77.0 Å². The van der Waals surface area contributed by atoms with E-state index in [1.807, 2.05) is 13.8 Å². The van der Waals surface area contributed by atoms with Gasteiger partial charge in [-0.05, 0) is 24.9 Å². The van der Waals surface area contributed by atoms with Gasteiger partial charge in [0.2, 0.25) is 11.2 Å². The number of ether oxygens (including phenoxy) is 1. The molecule has 1 rings (SSSR count). The molecule has 18 heavy (non-hydrogen) atoms. The minimum Gasteiger partial charge on any atom is -0.463 e. The number of nitrogens with one attached hydrogen (secondary N) is 1. The lowest BCUT2D eigenvalue weighted by molar-refractivity contribution is 0.291. The maximum Gasteiger partial charge on any atom is 0.322 e. The van der Waals surface area contributed by atoms with Crippen molar-refractivity contribution in [1.29, 1.82) is 0 Å². The molecule has 1 aromatic heterocycles.